The van der Waals surface area contributed by atoms with Crippen molar-refractivity contribution in [1.82, 2.24) is 15.0 Å². The summed E-state index contributed by atoms with van der Waals surface area (Å²) in [7, 11) is 0. The van der Waals surface area contributed by atoms with Gasteiger partial charge in [0.25, 0.3) is 0 Å². The third-order valence-electron chi connectivity index (χ3n) is 1.71. The number of H-pyrrole nitrogens is 1. The average molecular weight is 201 g/mol. The molecule has 15 heavy (non-hydrogen) atoms. The maximum absolute atomic E-state index is 4.10. The lowest BCUT2D eigenvalue weighted by Gasteiger charge is -1.90. The Morgan fingerprint density at radius 2 is 2.20 bits per heavy atom. The fourth-order valence-electron chi connectivity index (χ4n) is 1.01. The number of aromatic amines is 1. The molecule has 78 valence electrons. The van der Waals surface area contributed by atoms with Gasteiger partial charge in [-0.3, -0.25) is 4.98 Å². The van der Waals surface area contributed by atoms with Crippen molar-refractivity contribution in [3.05, 3.63) is 61.0 Å². The highest BCUT2D eigenvalue weighted by Crippen LogP contribution is 1.93. The van der Waals surface area contributed by atoms with E-state index in [0.717, 1.165) is 17.9 Å². The van der Waals surface area contributed by atoms with Crippen molar-refractivity contribution in [2.24, 2.45) is 0 Å². The second-order valence-corrected chi connectivity index (χ2v) is 2.99. The molecule has 3 heteroatoms. The van der Waals surface area contributed by atoms with Crippen LogP contribution in [-0.4, -0.2) is 15.0 Å². The summed E-state index contributed by atoms with van der Waals surface area (Å²) in [6.07, 6.45) is 8.03. The van der Waals surface area contributed by atoms with E-state index < -0.39 is 0 Å². The Kier molecular flexibility index (Phi) is 4.87. The first-order chi connectivity index (χ1) is 7.33. The fourth-order valence-corrected chi connectivity index (χ4v) is 1.01. The zero-order valence-corrected chi connectivity index (χ0v) is 8.85. The highest BCUT2D eigenvalue weighted by Gasteiger charge is 1.83. The Balaban J connectivity index is 0.000000162. The molecule has 2 heterocycles. The fraction of sp³-hybridized carbons (Fsp3) is 0.167. The molecule has 0 spiro atoms. The predicted octanol–water partition coefficient (Wildman–Crippen LogP) is 2.53. The molecule has 0 unspecified atom stereocenters. The summed E-state index contributed by atoms with van der Waals surface area (Å²) in [4.78, 5) is 10.8. The van der Waals surface area contributed by atoms with Crippen LogP contribution in [0.3, 0.4) is 0 Å². The van der Waals surface area contributed by atoms with Crippen molar-refractivity contribution in [2.75, 3.05) is 0 Å². The van der Waals surface area contributed by atoms with E-state index in [1.165, 1.54) is 0 Å². The van der Waals surface area contributed by atoms with Crippen LogP contribution in [0.25, 0.3) is 0 Å². The average Bonchev–Trinajstić information content (AvgIpc) is 2.72. The highest BCUT2D eigenvalue weighted by atomic mass is 14.9. The van der Waals surface area contributed by atoms with Crippen LogP contribution >= 0.6 is 0 Å². The number of hydrogen-bond acceptors (Lipinski definition) is 2. The number of allylic oxidation sites excluding steroid dienone is 1. The van der Waals surface area contributed by atoms with Gasteiger partial charge in [0, 0.05) is 30.7 Å². The number of rotatable bonds is 2. The minimum absolute atomic E-state index is 0.862. The molecule has 3 nitrogen and oxygen atoms in total. The van der Waals surface area contributed by atoms with Crippen LogP contribution in [0.4, 0.5) is 0 Å². The zero-order chi connectivity index (χ0) is 10.9. The molecule has 0 fully saturated rings. The summed E-state index contributed by atoms with van der Waals surface area (Å²) in [6, 6.07) is 5.88. The van der Waals surface area contributed by atoms with Crippen LogP contribution in [0, 0.1) is 6.92 Å². The van der Waals surface area contributed by atoms with Gasteiger partial charge in [-0.15, -0.1) is 6.58 Å². The zero-order valence-electron chi connectivity index (χ0n) is 8.85. The lowest BCUT2D eigenvalue weighted by Crippen LogP contribution is -1.82. The SMILES string of the molecule is C=CCc1ccccn1.Cc1ncc[nH]1. The van der Waals surface area contributed by atoms with Gasteiger partial charge in [0.15, 0.2) is 0 Å². The third kappa shape index (κ3) is 4.76. The first-order valence-electron chi connectivity index (χ1n) is 4.79. The van der Waals surface area contributed by atoms with Gasteiger partial charge in [0.05, 0.1) is 0 Å². The van der Waals surface area contributed by atoms with Crippen molar-refractivity contribution >= 4 is 0 Å². The Morgan fingerprint density at radius 3 is 2.60 bits per heavy atom. The van der Waals surface area contributed by atoms with Gasteiger partial charge >= 0.3 is 0 Å². The van der Waals surface area contributed by atoms with Crippen LogP contribution in [0.2, 0.25) is 0 Å². The Morgan fingerprint density at radius 1 is 1.33 bits per heavy atom. The number of aryl methyl sites for hydroxylation is 1. The van der Waals surface area contributed by atoms with Crippen LogP contribution in [0.1, 0.15) is 11.5 Å². The predicted molar refractivity (Wildman–Crippen MR) is 61.5 cm³/mol. The first-order valence-corrected chi connectivity index (χ1v) is 4.79. The molecule has 0 bridgehead atoms. The van der Waals surface area contributed by atoms with Crippen LogP contribution in [-0.2, 0) is 6.42 Å². The van der Waals surface area contributed by atoms with Gasteiger partial charge in [0.1, 0.15) is 5.82 Å². The molecule has 2 aromatic rings. The van der Waals surface area contributed by atoms with E-state index >= 15 is 0 Å². The summed E-state index contributed by atoms with van der Waals surface area (Å²) in [5.74, 6) is 0.968. The normalized spacial score (nSPS) is 8.87. The second kappa shape index (κ2) is 6.54. The van der Waals surface area contributed by atoms with Crippen LogP contribution < -0.4 is 0 Å². The molecule has 2 rings (SSSR count). The minimum Gasteiger partial charge on any atom is -0.349 e. The lowest BCUT2D eigenvalue weighted by molar-refractivity contribution is 1.11. The molecule has 0 aromatic carbocycles. The number of hydrogen-bond donors (Lipinski definition) is 1. The first kappa shape index (κ1) is 11.2. The van der Waals surface area contributed by atoms with Gasteiger partial charge < -0.3 is 4.98 Å². The van der Waals surface area contributed by atoms with E-state index in [2.05, 4.69) is 21.5 Å². The molecular formula is C12H15N3. The quantitative estimate of drug-likeness (QED) is 0.758. The molecule has 0 radical (unpaired) electrons. The van der Waals surface area contributed by atoms with Crippen LogP contribution in [0.5, 0.6) is 0 Å². The number of aromatic nitrogens is 3. The summed E-state index contributed by atoms with van der Waals surface area (Å²) in [6.45, 7) is 5.53. The molecule has 0 aliphatic rings. The van der Waals surface area contributed by atoms with E-state index in [0.29, 0.717) is 0 Å². The van der Waals surface area contributed by atoms with Crippen molar-refractivity contribution in [3.63, 3.8) is 0 Å². The molecule has 1 N–H and O–H groups in total. The minimum atomic E-state index is 0.862. The molecular weight excluding hydrogens is 186 g/mol. The number of nitrogens with one attached hydrogen (secondary N) is 1. The lowest BCUT2D eigenvalue weighted by atomic mass is 10.3. The molecule has 0 aliphatic heterocycles. The van der Waals surface area contributed by atoms with Crippen molar-refractivity contribution in [3.8, 4) is 0 Å². The molecule has 0 amide bonds. The van der Waals surface area contributed by atoms with Crippen molar-refractivity contribution in [2.45, 2.75) is 13.3 Å². The molecule has 2 aromatic heterocycles. The van der Waals surface area contributed by atoms with Crippen LogP contribution in [0.15, 0.2) is 49.4 Å². The van der Waals surface area contributed by atoms with E-state index in [4.69, 9.17) is 0 Å². The summed E-state index contributed by atoms with van der Waals surface area (Å²) in [5, 5.41) is 0. The molecule has 0 saturated carbocycles. The van der Waals surface area contributed by atoms with E-state index in [9.17, 15) is 0 Å². The summed E-state index contributed by atoms with van der Waals surface area (Å²) < 4.78 is 0. The molecule has 0 aliphatic carbocycles. The Labute approximate surface area is 89.9 Å². The van der Waals surface area contributed by atoms with E-state index in [1.807, 2.05) is 31.2 Å². The Hall–Kier alpha value is -1.90. The molecule has 0 saturated heterocycles. The monoisotopic (exact) mass is 201 g/mol. The highest BCUT2D eigenvalue weighted by molar-refractivity contribution is 5.06. The van der Waals surface area contributed by atoms with Crippen molar-refractivity contribution in [1.29, 1.82) is 0 Å². The number of nitrogens with zero attached hydrogens (tertiary/aromatic N) is 2. The summed E-state index contributed by atoms with van der Waals surface area (Å²) in [5.41, 5.74) is 1.08. The van der Waals surface area contributed by atoms with Gasteiger partial charge in [-0.05, 0) is 19.1 Å². The van der Waals surface area contributed by atoms with Gasteiger partial charge in [-0.1, -0.05) is 12.1 Å². The largest absolute Gasteiger partial charge is 0.349 e. The maximum Gasteiger partial charge on any atom is 0.102 e. The third-order valence-corrected chi connectivity index (χ3v) is 1.71. The standard InChI is InChI=1S/C8H9N.C4H6N2/c1-2-5-8-6-3-4-7-9-8;1-4-5-2-3-6-4/h2-4,6-7H,1,5H2;2-3H,1H3,(H,5,6). The molecule has 0 atom stereocenters. The van der Waals surface area contributed by atoms with E-state index in [1.54, 1.807) is 18.6 Å². The second-order valence-electron chi connectivity index (χ2n) is 2.99. The number of imidazole rings is 1. The number of pyridine rings is 1. The van der Waals surface area contributed by atoms with E-state index in [-0.39, 0.29) is 0 Å². The van der Waals surface area contributed by atoms with Gasteiger partial charge in [-0.25, -0.2) is 4.98 Å². The van der Waals surface area contributed by atoms with Gasteiger partial charge in [0.2, 0.25) is 0 Å². The smallest absolute Gasteiger partial charge is 0.102 e. The van der Waals surface area contributed by atoms with Gasteiger partial charge in [-0.2, -0.15) is 0 Å². The Bertz CT molecular complexity index is 365. The van der Waals surface area contributed by atoms with Crippen molar-refractivity contribution < 1.29 is 0 Å². The topological polar surface area (TPSA) is 41.6 Å². The summed E-state index contributed by atoms with van der Waals surface area (Å²) >= 11 is 0. The maximum atomic E-state index is 4.10.